The molecular weight excluding hydrogens is 292 g/mol. The number of aryl methyl sites for hydroxylation is 1. The number of thioether (sulfide) groups is 1. The zero-order valence-corrected chi connectivity index (χ0v) is 13.5. The third-order valence-corrected chi connectivity index (χ3v) is 4.54. The van der Waals surface area contributed by atoms with Crippen LogP contribution in [0.4, 0.5) is 5.69 Å². The van der Waals surface area contributed by atoms with Crippen LogP contribution in [-0.2, 0) is 11.2 Å². The number of carbonyl (C=O) groups is 1. The number of aromatic amines is 1. The van der Waals surface area contributed by atoms with Gasteiger partial charge in [-0.25, -0.2) is 0 Å². The minimum absolute atomic E-state index is 0.00866. The van der Waals surface area contributed by atoms with Gasteiger partial charge in [-0.3, -0.25) is 4.79 Å². The van der Waals surface area contributed by atoms with E-state index < -0.39 is 0 Å². The fourth-order valence-corrected chi connectivity index (χ4v) is 3.22. The lowest BCUT2D eigenvalue weighted by Gasteiger charge is -2.09. The molecule has 0 aliphatic carbocycles. The summed E-state index contributed by atoms with van der Waals surface area (Å²) in [4.78, 5) is 16.8. The number of aromatic nitrogens is 1. The first-order chi connectivity index (χ1) is 10.7. The van der Waals surface area contributed by atoms with Crippen molar-refractivity contribution in [1.82, 2.24) is 4.98 Å². The van der Waals surface area contributed by atoms with E-state index >= 15 is 0 Å². The molecule has 0 unspecified atom stereocenters. The Morgan fingerprint density at radius 1 is 1.14 bits per heavy atom. The lowest BCUT2D eigenvalue weighted by Crippen LogP contribution is -2.15. The maximum absolute atomic E-state index is 12.4. The third kappa shape index (κ3) is 2.88. The largest absolute Gasteiger partial charge is 0.358 e. The van der Waals surface area contributed by atoms with Gasteiger partial charge in [0.05, 0.1) is 12.1 Å². The fraction of sp³-hybridized carbons (Fsp3) is 0.167. The summed E-state index contributed by atoms with van der Waals surface area (Å²) in [6.45, 7) is 2.01. The molecule has 2 aromatic carbocycles. The van der Waals surface area contributed by atoms with E-state index in [4.69, 9.17) is 0 Å². The summed E-state index contributed by atoms with van der Waals surface area (Å²) in [5, 5.41) is 4.14. The van der Waals surface area contributed by atoms with Crippen LogP contribution >= 0.6 is 11.8 Å². The van der Waals surface area contributed by atoms with Crippen LogP contribution in [0.5, 0.6) is 0 Å². The highest BCUT2D eigenvalue weighted by Crippen LogP contribution is 2.26. The van der Waals surface area contributed by atoms with E-state index in [1.807, 2.05) is 55.6 Å². The molecule has 0 radical (unpaired) electrons. The normalized spacial score (nSPS) is 10.8. The molecule has 3 aromatic rings. The summed E-state index contributed by atoms with van der Waals surface area (Å²) in [5.41, 5.74) is 4.06. The van der Waals surface area contributed by atoms with Crippen LogP contribution in [0.2, 0.25) is 0 Å². The van der Waals surface area contributed by atoms with Crippen LogP contribution in [0.1, 0.15) is 11.3 Å². The lowest BCUT2D eigenvalue weighted by molar-refractivity contribution is -0.115. The number of benzene rings is 2. The predicted octanol–water partition coefficient (Wildman–Crippen LogP) is 4.38. The molecule has 22 heavy (non-hydrogen) atoms. The van der Waals surface area contributed by atoms with E-state index in [-0.39, 0.29) is 5.91 Å². The molecular formula is C18H18N2OS. The molecule has 3 nitrogen and oxygen atoms in total. The Bertz CT molecular complexity index is 823. The molecule has 1 aromatic heterocycles. The van der Waals surface area contributed by atoms with E-state index in [0.717, 1.165) is 32.7 Å². The number of hydrogen-bond donors (Lipinski definition) is 2. The zero-order chi connectivity index (χ0) is 15.5. The highest BCUT2D eigenvalue weighted by atomic mass is 32.2. The van der Waals surface area contributed by atoms with Gasteiger partial charge < -0.3 is 10.3 Å². The van der Waals surface area contributed by atoms with Crippen molar-refractivity contribution < 1.29 is 4.79 Å². The highest BCUT2D eigenvalue weighted by Gasteiger charge is 2.13. The summed E-state index contributed by atoms with van der Waals surface area (Å²) in [5.74, 6) is 0.00866. The second-order valence-electron chi connectivity index (χ2n) is 5.20. The number of rotatable bonds is 4. The van der Waals surface area contributed by atoms with Gasteiger partial charge in [0, 0.05) is 21.5 Å². The van der Waals surface area contributed by atoms with Gasteiger partial charge in [0.25, 0.3) is 0 Å². The molecule has 0 saturated heterocycles. The van der Waals surface area contributed by atoms with Gasteiger partial charge in [0.1, 0.15) is 0 Å². The van der Waals surface area contributed by atoms with Gasteiger partial charge >= 0.3 is 0 Å². The number of fused-ring (bicyclic) bond motifs is 1. The Morgan fingerprint density at radius 2 is 1.86 bits per heavy atom. The average molecular weight is 310 g/mol. The van der Waals surface area contributed by atoms with Gasteiger partial charge in [-0.1, -0.05) is 30.3 Å². The molecule has 0 aliphatic rings. The number of H-pyrrole nitrogens is 1. The van der Waals surface area contributed by atoms with Crippen molar-refractivity contribution in [1.29, 1.82) is 0 Å². The molecule has 0 spiro atoms. The topological polar surface area (TPSA) is 44.9 Å². The van der Waals surface area contributed by atoms with Gasteiger partial charge in [0.2, 0.25) is 5.91 Å². The molecule has 1 heterocycles. The first kappa shape index (κ1) is 14.7. The maximum atomic E-state index is 12.4. The summed E-state index contributed by atoms with van der Waals surface area (Å²) in [6, 6.07) is 15.9. The number of amides is 1. The molecule has 4 heteroatoms. The van der Waals surface area contributed by atoms with Crippen molar-refractivity contribution >= 4 is 34.3 Å². The molecule has 0 bridgehead atoms. The maximum Gasteiger partial charge on any atom is 0.228 e. The lowest BCUT2D eigenvalue weighted by atomic mass is 10.1. The second-order valence-corrected chi connectivity index (χ2v) is 6.05. The first-order valence-corrected chi connectivity index (χ1v) is 8.40. The Labute approximate surface area is 134 Å². The van der Waals surface area contributed by atoms with E-state index in [9.17, 15) is 4.79 Å². The number of hydrogen-bond acceptors (Lipinski definition) is 2. The molecule has 2 N–H and O–H groups in total. The summed E-state index contributed by atoms with van der Waals surface area (Å²) >= 11 is 1.63. The van der Waals surface area contributed by atoms with Gasteiger partial charge in [-0.05, 0) is 36.9 Å². The molecule has 1 amide bonds. The number of carbonyl (C=O) groups excluding carboxylic acids is 1. The van der Waals surface area contributed by atoms with E-state index in [0.29, 0.717) is 6.42 Å². The van der Waals surface area contributed by atoms with Crippen LogP contribution < -0.4 is 5.32 Å². The van der Waals surface area contributed by atoms with Crippen molar-refractivity contribution in [3.8, 4) is 0 Å². The zero-order valence-electron chi connectivity index (χ0n) is 12.6. The Balaban J connectivity index is 1.83. The van der Waals surface area contributed by atoms with Crippen LogP contribution in [0.25, 0.3) is 10.9 Å². The smallest absolute Gasteiger partial charge is 0.228 e. The van der Waals surface area contributed by atoms with Crippen LogP contribution in [0.15, 0.2) is 53.4 Å². The Morgan fingerprint density at radius 3 is 2.68 bits per heavy atom. The van der Waals surface area contributed by atoms with Crippen LogP contribution in [0, 0.1) is 6.92 Å². The predicted molar refractivity (Wildman–Crippen MR) is 93.6 cm³/mol. The minimum atomic E-state index is 0.00866. The fourth-order valence-electron chi connectivity index (χ4n) is 2.67. The molecule has 0 fully saturated rings. The number of nitrogens with one attached hydrogen (secondary N) is 2. The van der Waals surface area contributed by atoms with Crippen molar-refractivity contribution in [3.63, 3.8) is 0 Å². The van der Waals surface area contributed by atoms with E-state index in [1.54, 1.807) is 11.8 Å². The third-order valence-electron chi connectivity index (χ3n) is 3.75. The first-order valence-electron chi connectivity index (χ1n) is 7.18. The Hall–Kier alpha value is -2.20. The molecule has 0 saturated carbocycles. The van der Waals surface area contributed by atoms with Crippen LogP contribution in [-0.4, -0.2) is 17.1 Å². The van der Waals surface area contributed by atoms with Crippen molar-refractivity contribution in [2.24, 2.45) is 0 Å². The molecule has 112 valence electrons. The number of para-hydroxylation sites is 2. The molecule has 3 rings (SSSR count). The SMILES string of the molecule is CSc1ccccc1NC(=O)Cc1c(C)[nH]c2ccccc12. The van der Waals surface area contributed by atoms with Crippen molar-refractivity contribution in [3.05, 3.63) is 59.8 Å². The standard InChI is InChI=1S/C18H18N2OS/c1-12-14(13-7-3-4-8-15(13)19-12)11-18(21)20-16-9-5-6-10-17(16)22-2/h3-10,19H,11H2,1-2H3,(H,20,21). The van der Waals surface area contributed by atoms with Gasteiger partial charge in [-0.2, -0.15) is 0 Å². The quantitative estimate of drug-likeness (QED) is 0.702. The monoisotopic (exact) mass is 310 g/mol. The summed E-state index contributed by atoms with van der Waals surface area (Å²) in [6.07, 6.45) is 2.38. The van der Waals surface area contributed by atoms with Gasteiger partial charge in [-0.15, -0.1) is 11.8 Å². The van der Waals surface area contributed by atoms with Crippen LogP contribution in [0.3, 0.4) is 0 Å². The second kappa shape index (κ2) is 6.28. The van der Waals surface area contributed by atoms with Gasteiger partial charge in [0.15, 0.2) is 0 Å². The minimum Gasteiger partial charge on any atom is -0.358 e. The van der Waals surface area contributed by atoms with E-state index in [2.05, 4.69) is 16.4 Å². The van der Waals surface area contributed by atoms with E-state index in [1.165, 1.54) is 0 Å². The van der Waals surface area contributed by atoms with Crippen molar-refractivity contribution in [2.75, 3.05) is 11.6 Å². The average Bonchev–Trinajstić information content (AvgIpc) is 2.84. The summed E-state index contributed by atoms with van der Waals surface area (Å²) in [7, 11) is 0. The molecule has 0 atom stereocenters. The van der Waals surface area contributed by atoms with Crippen molar-refractivity contribution in [2.45, 2.75) is 18.2 Å². The highest BCUT2D eigenvalue weighted by molar-refractivity contribution is 7.98. The molecule has 0 aliphatic heterocycles. The Kier molecular flexibility index (Phi) is 4.20. The number of anilines is 1. The summed E-state index contributed by atoms with van der Waals surface area (Å²) < 4.78 is 0.